The van der Waals surface area contributed by atoms with Gasteiger partial charge in [-0.1, -0.05) is 26.0 Å². The maximum absolute atomic E-state index is 13.4. The summed E-state index contributed by atoms with van der Waals surface area (Å²) in [5.41, 5.74) is 5.57. The minimum atomic E-state index is -0.971. The molecule has 0 saturated heterocycles. The van der Waals surface area contributed by atoms with E-state index in [-0.39, 0.29) is 29.9 Å². The third kappa shape index (κ3) is 3.77. The molecule has 0 bridgehead atoms. The van der Waals surface area contributed by atoms with E-state index in [1.807, 2.05) is 13.8 Å². The van der Waals surface area contributed by atoms with Crippen LogP contribution in [0.15, 0.2) is 18.2 Å². The molecule has 100 valence electrons. The summed E-state index contributed by atoms with van der Waals surface area (Å²) >= 11 is 0. The van der Waals surface area contributed by atoms with Crippen molar-refractivity contribution in [3.8, 4) is 0 Å². The summed E-state index contributed by atoms with van der Waals surface area (Å²) in [6, 6.07) is 3.64. The lowest BCUT2D eigenvalue weighted by Crippen LogP contribution is -2.44. The minimum Gasteiger partial charge on any atom is -0.352 e. The molecule has 1 rings (SSSR count). The van der Waals surface area contributed by atoms with E-state index < -0.39 is 11.6 Å². The Balaban J connectivity index is 2.67. The summed E-state index contributed by atoms with van der Waals surface area (Å²) in [5.74, 6) is -2.08. The van der Waals surface area contributed by atoms with Crippen LogP contribution in [-0.2, 0) is 11.2 Å². The van der Waals surface area contributed by atoms with Crippen LogP contribution in [0.3, 0.4) is 0 Å². The highest BCUT2D eigenvalue weighted by atomic mass is 19.2. The van der Waals surface area contributed by atoms with Gasteiger partial charge in [-0.05, 0) is 12.0 Å². The lowest BCUT2D eigenvalue weighted by molar-refractivity contribution is -0.121. The van der Waals surface area contributed by atoms with Crippen molar-refractivity contribution in [1.29, 1.82) is 0 Å². The van der Waals surface area contributed by atoms with E-state index in [9.17, 15) is 13.6 Å². The normalized spacial score (nSPS) is 12.6. The molecule has 18 heavy (non-hydrogen) atoms. The van der Waals surface area contributed by atoms with Crippen molar-refractivity contribution in [2.24, 2.45) is 11.7 Å². The van der Waals surface area contributed by atoms with Crippen LogP contribution in [0.5, 0.6) is 0 Å². The molecular weight excluding hydrogens is 238 g/mol. The zero-order valence-electron chi connectivity index (χ0n) is 10.5. The molecule has 0 radical (unpaired) electrons. The molecule has 0 fully saturated rings. The summed E-state index contributed by atoms with van der Waals surface area (Å²) in [6.07, 6.45) is -0.188. The number of nitrogens with one attached hydrogen (secondary N) is 1. The minimum absolute atomic E-state index is 0.0482. The summed E-state index contributed by atoms with van der Waals surface area (Å²) in [6.45, 7) is 4.18. The summed E-state index contributed by atoms with van der Waals surface area (Å²) < 4.78 is 26.3. The zero-order chi connectivity index (χ0) is 13.7. The molecule has 0 heterocycles. The van der Waals surface area contributed by atoms with E-state index in [1.54, 1.807) is 0 Å². The second-order valence-corrected chi connectivity index (χ2v) is 4.54. The third-order valence-electron chi connectivity index (χ3n) is 2.79. The Labute approximate surface area is 105 Å². The predicted molar refractivity (Wildman–Crippen MR) is 65.9 cm³/mol. The fraction of sp³-hybridized carbons (Fsp3) is 0.462. The molecule has 0 spiro atoms. The topological polar surface area (TPSA) is 55.1 Å². The Morgan fingerprint density at radius 2 is 2.06 bits per heavy atom. The summed E-state index contributed by atoms with van der Waals surface area (Å²) in [7, 11) is 0. The van der Waals surface area contributed by atoms with E-state index in [0.717, 1.165) is 6.07 Å². The fourth-order valence-corrected chi connectivity index (χ4v) is 1.61. The van der Waals surface area contributed by atoms with Gasteiger partial charge in [0.2, 0.25) is 5.91 Å². The Bertz CT molecular complexity index is 421. The van der Waals surface area contributed by atoms with Crippen molar-refractivity contribution in [2.75, 3.05) is 6.54 Å². The average molecular weight is 256 g/mol. The summed E-state index contributed by atoms with van der Waals surface area (Å²) in [5, 5.41) is 2.71. The van der Waals surface area contributed by atoms with Gasteiger partial charge in [0.1, 0.15) is 0 Å². The van der Waals surface area contributed by atoms with E-state index in [0.29, 0.717) is 6.54 Å². The molecule has 0 saturated carbocycles. The van der Waals surface area contributed by atoms with Gasteiger partial charge >= 0.3 is 0 Å². The molecule has 0 aliphatic heterocycles. The molecule has 1 aromatic carbocycles. The zero-order valence-corrected chi connectivity index (χ0v) is 10.5. The Kier molecular flexibility index (Phi) is 5.22. The van der Waals surface area contributed by atoms with Gasteiger partial charge in [-0.2, -0.15) is 0 Å². The number of nitrogens with two attached hydrogens (primary N) is 1. The third-order valence-corrected chi connectivity index (χ3v) is 2.79. The molecule has 1 aromatic rings. The number of carbonyl (C=O) groups is 1. The predicted octanol–water partition coefficient (Wildman–Crippen LogP) is 1.61. The molecular formula is C13H18F2N2O. The first-order valence-electron chi connectivity index (χ1n) is 5.88. The molecule has 3 nitrogen and oxygen atoms in total. The van der Waals surface area contributed by atoms with Crippen molar-refractivity contribution >= 4 is 5.91 Å². The SMILES string of the molecule is CC(C)C(CN)NC(=O)Cc1cccc(F)c1F. The maximum atomic E-state index is 13.4. The number of halogens is 2. The highest BCUT2D eigenvalue weighted by Gasteiger charge is 2.16. The smallest absolute Gasteiger partial charge is 0.224 e. The number of benzene rings is 1. The molecule has 0 aromatic heterocycles. The van der Waals surface area contributed by atoms with Crippen LogP contribution >= 0.6 is 0 Å². The Morgan fingerprint density at radius 3 is 2.61 bits per heavy atom. The first-order chi connectivity index (χ1) is 8.45. The van der Waals surface area contributed by atoms with Crippen LogP contribution < -0.4 is 11.1 Å². The van der Waals surface area contributed by atoms with Crippen molar-refractivity contribution in [2.45, 2.75) is 26.3 Å². The second-order valence-electron chi connectivity index (χ2n) is 4.54. The molecule has 3 N–H and O–H groups in total. The van der Waals surface area contributed by atoms with Gasteiger partial charge in [-0.3, -0.25) is 4.79 Å². The van der Waals surface area contributed by atoms with Gasteiger partial charge < -0.3 is 11.1 Å². The highest BCUT2D eigenvalue weighted by Crippen LogP contribution is 2.12. The van der Waals surface area contributed by atoms with Crippen LogP contribution in [0.2, 0.25) is 0 Å². The van der Waals surface area contributed by atoms with Gasteiger partial charge in [0.25, 0.3) is 0 Å². The fourth-order valence-electron chi connectivity index (χ4n) is 1.61. The van der Waals surface area contributed by atoms with E-state index in [4.69, 9.17) is 5.73 Å². The van der Waals surface area contributed by atoms with E-state index in [1.165, 1.54) is 12.1 Å². The Morgan fingerprint density at radius 1 is 1.39 bits per heavy atom. The number of rotatable bonds is 5. The summed E-state index contributed by atoms with van der Waals surface area (Å²) in [4.78, 5) is 11.7. The quantitative estimate of drug-likeness (QED) is 0.841. The molecule has 0 aliphatic carbocycles. The standard InChI is InChI=1S/C13H18F2N2O/c1-8(2)11(7-16)17-12(18)6-9-4-3-5-10(14)13(9)15/h3-5,8,11H,6-7,16H2,1-2H3,(H,17,18). The van der Waals surface area contributed by atoms with Gasteiger partial charge in [-0.15, -0.1) is 0 Å². The van der Waals surface area contributed by atoms with Crippen molar-refractivity contribution in [1.82, 2.24) is 5.32 Å². The Hall–Kier alpha value is -1.49. The molecule has 1 atom stereocenters. The van der Waals surface area contributed by atoms with Crippen molar-refractivity contribution < 1.29 is 13.6 Å². The van der Waals surface area contributed by atoms with Gasteiger partial charge in [0.15, 0.2) is 11.6 Å². The molecule has 0 aliphatic rings. The van der Waals surface area contributed by atoms with Crippen LogP contribution in [0.4, 0.5) is 8.78 Å². The molecule has 1 unspecified atom stereocenters. The van der Waals surface area contributed by atoms with E-state index >= 15 is 0 Å². The monoisotopic (exact) mass is 256 g/mol. The van der Waals surface area contributed by atoms with Crippen LogP contribution in [0, 0.1) is 17.6 Å². The van der Waals surface area contributed by atoms with Gasteiger partial charge in [0.05, 0.1) is 6.42 Å². The van der Waals surface area contributed by atoms with Crippen molar-refractivity contribution in [3.63, 3.8) is 0 Å². The second kappa shape index (κ2) is 6.44. The number of hydrogen-bond donors (Lipinski definition) is 2. The molecule has 5 heteroatoms. The van der Waals surface area contributed by atoms with Gasteiger partial charge in [0, 0.05) is 18.2 Å². The molecule has 1 amide bonds. The highest BCUT2D eigenvalue weighted by molar-refractivity contribution is 5.79. The lowest BCUT2D eigenvalue weighted by Gasteiger charge is -2.20. The van der Waals surface area contributed by atoms with Crippen LogP contribution in [0.1, 0.15) is 19.4 Å². The number of amides is 1. The largest absolute Gasteiger partial charge is 0.352 e. The van der Waals surface area contributed by atoms with Gasteiger partial charge in [-0.25, -0.2) is 8.78 Å². The average Bonchev–Trinajstić information content (AvgIpc) is 2.31. The first-order valence-corrected chi connectivity index (χ1v) is 5.88. The lowest BCUT2D eigenvalue weighted by atomic mass is 10.0. The van der Waals surface area contributed by atoms with Crippen molar-refractivity contribution in [3.05, 3.63) is 35.4 Å². The first kappa shape index (κ1) is 14.6. The van der Waals surface area contributed by atoms with E-state index in [2.05, 4.69) is 5.32 Å². The number of carbonyl (C=O) groups excluding carboxylic acids is 1. The maximum Gasteiger partial charge on any atom is 0.224 e. The number of hydrogen-bond acceptors (Lipinski definition) is 2. The van der Waals surface area contributed by atoms with Crippen LogP contribution in [-0.4, -0.2) is 18.5 Å². The van der Waals surface area contributed by atoms with Crippen LogP contribution in [0.25, 0.3) is 0 Å².